The van der Waals surface area contributed by atoms with E-state index in [2.05, 4.69) is 174 Å². The monoisotopic (exact) mass is 664 g/mol. The summed E-state index contributed by atoms with van der Waals surface area (Å²) in [5.41, 5.74) is 12.3. The molecule has 0 amide bonds. The fraction of sp³-hybridized carbons (Fsp3) is 0.0204. The molecule has 2 heterocycles. The van der Waals surface area contributed by atoms with Gasteiger partial charge in [-0.2, -0.15) is 0 Å². The first kappa shape index (κ1) is 29.9. The van der Waals surface area contributed by atoms with Gasteiger partial charge in [0.05, 0.1) is 16.4 Å². The summed E-state index contributed by atoms with van der Waals surface area (Å²) in [5, 5.41) is 6.46. The van der Waals surface area contributed by atoms with Crippen LogP contribution in [0.2, 0.25) is 0 Å². The molecule has 1 aliphatic carbocycles. The van der Waals surface area contributed by atoms with Crippen molar-refractivity contribution in [3.8, 4) is 17.2 Å². The number of aromatic nitrogens is 1. The van der Waals surface area contributed by atoms with Crippen LogP contribution in [0.5, 0.6) is 11.5 Å². The normalized spacial score (nSPS) is 13.8. The van der Waals surface area contributed by atoms with Crippen molar-refractivity contribution in [2.75, 3.05) is 5.32 Å². The molecule has 3 nitrogen and oxygen atoms in total. The third-order valence-corrected chi connectivity index (χ3v) is 10.5. The number of hydrogen-bond donors (Lipinski definition) is 1. The Bertz CT molecular complexity index is 2710. The highest BCUT2D eigenvalue weighted by Crippen LogP contribution is 2.61. The Morgan fingerprint density at radius 3 is 2.10 bits per heavy atom. The maximum Gasteiger partial charge on any atom is 0.132 e. The highest BCUT2D eigenvalue weighted by Gasteiger charge is 2.52. The summed E-state index contributed by atoms with van der Waals surface area (Å²) in [6.45, 7) is 4.41. The van der Waals surface area contributed by atoms with Gasteiger partial charge >= 0.3 is 0 Å². The lowest BCUT2D eigenvalue weighted by atomic mass is 9.67. The molecule has 52 heavy (non-hydrogen) atoms. The molecule has 2 aliphatic rings. The second-order valence-corrected chi connectivity index (χ2v) is 13.3. The molecule has 1 N–H and O–H groups in total. The van der Waals surface area contributed by atoms with Crippen molar-refractivity contribution in [1.82, 2.24) is 4.57 Å². The maximum absolute atomic E-state index is 6.63. The topological polar surface area (TPSA) is 26.2 Å². The highest BCUT2D eigenvalue weighted by molar-refractivity contribution is 6.10. The lowest BCUT2D eigenvalue weighted by Crippen LogP contribution is -2.36. The van der Waals surface area contributed by atoms with Crippen molar-refractivity contribution in [1.29, 1.82) is 0 Å². The fourth-order valence-corrected chi connectivity index (χ4v) is 8.27. The number of ether oxygens (including phenoxy) is 1. The van der Waals surface area contributed by atoms with Crippen LogP contribution in [0.25, 0.3) is 38.6 Å². The van der Waals surface area contributed by atoms with Gasteiger partial charge in [-0.3, -0.25) is 0 Å². The number of nitrogens with zero attached hydrogens (tertiary/aromatic N) is 1. The zero-order chi connectivity index (χ0) is 34.6. The second kappa shape index (κ2) is 11.8. The third-order valence-electron chi connectivity index (χ3n) is 10.5. The first-order valence-corrected chi connectivity index (χ1v) is 17.5. The summed E-state index contributed by atoms with van der Waals surface area (Å²) >= 11 is 0. The van der Waals surface area contributed by atoms with Crippen molar-refractivity contribution in [2.45, 2.75) is 5.41 Å². The average molecular weight is 665 g/mol. The van der Waals surface area contributed by atoms with Crippen LogP contribution in [0.15, 0.2) is 188 Å². The van der Waals surface area contributed by atoms with Gasteiger partial charge in [0, 0.05) is 50.1 Å². The van der Waals surface area contributed by atoms with Crippen molar-refractivity contribution in [3.05, 3.63) is 228 Å². The minimum Gasteiger partial charge on any atom is -0.457 e. The molecule has 3 heteroatoms. The summed E-state index contributed by atoms with van der Waals surface area (Å²) in [7, 11) is 0. The van der Waals surface area contributed by atoms with Gasteiger partial charge < -0.3 is 14.6 Å². The standard InChI is InChI=1S/C49H32N2O/c1-33(34-16-4-2-5-17-34)28-30-39-37-20-8-10-22-41(37)49(42-23-11-14-26-46(42)52-47-27-15-12-24-43(47)49)48(39)50-35-29-31-45-40(32-35)38-21-9-13-25-44(38)51(45)36-18-6-3-7-19-36/h2-4,6-16,18-32,50H,1H2/b30-28-. The number of rotatable bonds is 6. The van der Waals surface area contributed by atoms with E-state index in [1.54, 1.807) is 0 Å². The van der Waals surface area contributed by atoms with E-state index in [0.717, 1.165) is 67.5 Å². The van der Waals surface area contributed by atoms with Gasteiger partial charge in [0.25, 0.3) is 0 Å². The number of fused-ring (bicyclic) bond motifs is 9. The van der Waals surface area contributed by atoms with Gasteiger partial charge in [-0.15, -0.1) is 0 Å². The van der Waals surface area contributed by atoms with E-state index in [-0.39, 0.29) is 0 Å². The average Bonchev–Trinajstić information content (AvgIpc) is 3.67. The minimum atomic E-state index is -0.678. The summed E-state index contributed by atoms with van der Waals surface area (Å²) in [5.74, 6) is 1.70. The van der Waals surface area contributed by atoms with Gasteiger partial charge in [-0.05, 0) is 77.4 Å². The van der Waals surface area contributed by atoms with Gasteiger partial charge in [0.15, 0.2) is 0 Å². The molecule has 1 aromatic heterocycles. The quantitative estimate of drug-likeness (QED) is 0.179. The van der Waals surface area contributed by atoms with E-state index in [1.807, 2.05) is 30.3 Å². The molecule has 7 aromatic carbocycles. The lowest BCUT2D eigenvalue weighted by molar-refractivity contribution is 0.435. The van der Waals surface area contributed by atoms with Crippen molar-refractivity contribution in [2.24, 2.45) is 0 Å². The van der Waals surface area contributed by atoms with Crippen LogP contribution in [0, 0.1) is 12.1 Å². The van der Waals surface area contributed by atoms with Gasteiger partial charge in [0.2, 0.25) is 0 Å². The smallest absolute Gasteiger partial charge is 0.132 e. The molecule has 1 spiro atoms. The fourth-order valence-electron chi connectivity index (χ4n) is 8.27. The Labute approximate surface area is 303 Å². The number of nitrogens with one attached hydrogen (secondary N) is 1. The zero-order valence-electron chi connectivity index (χ0n) is 28.3. The molecule has 8 aromatic rings. The van der Waals surface area contributed by atoms with E-state index >= 15 is 0 Å². The third kappa shape index (κ3) is 4.42. The first-order chi connectivity index (χ1) is 25.7. The van der Waals surface area contributed by atoms with E-state index in [1.165, 1.54) is 21.9 Å². The molecule has 0 unspecified atom stereocenters. The van der Waals surface area contributed by atoms with Crippen LogP contribution in [-0.4, -0.2) is 4.57 Å². The Morgan fingerprint density at radius 1 is 0.654 bits per heavy atom. The molecule has 0 bridgehead atoms. The first-order valence-electron chi connectivity index (χ1n) is 17.5. The van der Waals surface area contributed by atoms with E-state index in [4.69, 9.17) is 4.74 Å². The summed E-state index contributed by atoms with van der Waals surface area (Å²) in [6.07, 6.45) is 4.31. The van der Waals surface area contributed by atoms with Crippen molar-refractivity contribution >= 4 is 38.6 Å². The molecular formula is C49H32N2O. The number of allylic oxidation sites excluding steroid dienone is 5. The molecule has 0 atom stereocenters. The number of anilines is 1. The largest absolute Gasteiger partial charge is 0.457 e. The van der Waals surface area contributed by atoms with Crippen molar-refractivity contribution in [3.63, 3.8) is 0 Å². The van der Waals surface area contributed by atoms with Crippen LogP contribution in [0.1, 0.15) is 27.8 Å². The summed E-state index contributed by atoms with van der Waals surface area (Å²) in [4.78, 5) is 0. The maximum atomic E-state index is 6.63. The Morgan fingerprint density at radius 2 is 1.33 bits per heavy atom. The predicted octanol–water partition coefficient (Wildman–Crippen LogP) is 11.9. The van der Waals surface area contributed by atoms with Crippen LogP contribution in [0.4, 0.5) is 5.69 Å². The second-order valence-electron chi connectivity index (χ2n) is 13.3. The van der Waals surface area contributed by atoms with Crippen LogP contribution < -0.4 is 10.1 Å². The molecule has 0 saturated heterocycles. The predicted molar refractivity (Wildman–Crippen MR) is 213 cm³/mol. The van der Waals surface area contributed by atoms with Gasteiger partial charge in [-0.1, -0.05) is 134 Å². The molecule has 0 fully saturated rings. The zero-order valence-corrected chi connectivity index (χ0v) is 28.3. The highest BCUT2D eigenvalue weighted by atomic mass is 16.5. The molecule has 0 radical (unpaired) electrons. The number of benzene rings is 6. The van der Waals surface area contributed by atoms with Crippen molar-refractivity contribution < 1.29 is 4.74 Å². The Kier molecular flexibility index (Phi) is 6.77. The van der Waals surface area contributed by atoms with Crippen LogP contribution in [-0.2, 0) is 5.41 Å². The summed E-state index contributed by atoms with van der Waals surface area (Å²) in [6, 6.07) is 63.8. The lowest BCUT2D eigenvalue weighted by Gasteiger charge is -2.40. The van der Waals surface area contributed by atoms with Crippen LogP contribution >= 0.6 is 0 Å². The Balaban J connectivity index is 1.23. The molecule has 1 aliphatic heterocycles. The van der Waals surface area contributed by atoms with E-state index in [9.17, 15) is 0 Å². The molecule has 0 saturated carbocycles. The number of hydrogen-bond acceptors (Lipinski definition) is 2. The van der Waals surface area contributed by atoms with Crippen LogP contribution in [0.3, 0.4) is 0 Å². The van der Waals surface area contributed by atoms with E-state index < -0.39 is 5.41 Å². The molecule has 244 valence electrons. The summed E-state index contributed by atoms with van der Waals surface area (Å²) < 4.78 is 8.98. The minimum absolute atomic E-state index is 0.678. The van der Waals surface area contributed by atoms with Gasteiger partial charge in [-0.25, -0.2) is 0 Å². The molecule has 10 rings (SSSR count). The van der Waals surface area contributed by atoms with Gasteiger partial charge in [0.1, 0.15) is 11.5 Å². The number of para-hydroxylation sites is 4. The molecular weight excluding hydrogens is 633 g/mol. The van der Waals surface area contributed by atoms with E-state index in [0.29, 0.717) is 0 Å². The SMILES string of the molecule is C=C(/C=C\C1=C(Nc2ccc3c(c2)c2ccccc2n3-c2ccccc2)C2(c3ccccc3Oc3ccccc32)c2ccccc21)c1c#cccc1. The Hall–Kier alpha value is -7.02.